The molecule has 0 aromatic heterocycles. The summed E-state index contributed by atoms with van der Waals surface area (Å²) in [5, 5.41) is 0.568. The van der Waals surface area contributed by atoms with Crippen molar-refractivity contribution < 1.29 is 9.13 Å². The van der Waals surface area contributed by atoms with E-state index in [1.54, 1.807) is 18.2 Å². The van der Waals surface area contributed by atoms with Crippen LogP contribution in [0.5, 0.6) is 5.75 Å². The topological polar surface area (TPSA) is 35.2 Å². The number of hydrogen-bond acceptors (Lipinski definition) is 2. The minimum Gasteiger partial charge on any atom is -0.487 e. The molecule has 0 spiro atoms. The van der Waals surface area contributed by atoms with E-state index < -0.39 is 5.82 Å². The molecule has 0 aliphatic heterocycles. The molecular formula is C16H16Cl2FNO. The fraction of sp³-hybridized carbons (Fsp3) is 0.250. The lowest BCUT2D eigenvalue weighted by Gasteiger charge is -2.15. The van der Waals surface area contributed by atoms with Crippen molar-refractivity contribution in [2.75, 3.05) is 0 Å². The van der Waals surface area contributed by atoms with Crippen molar-refractivity contribution in [3.05, 3.63) is 63.4 Å². The third-order valence-corrected chi connectivity index (χ3v) is 3.71. The molecule has 112 valence electrons. The molecule has 0 radical (unpaired) electrons. The van der Waals surface area contributed by atoms with Gasteiger partial charge in [-0.25, -0.2) is 4.39 Å². The number of benzene rings is 2. The molecule has 0 heterocycles. The van der Waals surface area contributed by atoms with Crippen molar-refractivity contribution >= 4 is 23.2 Å². The molecule has 2 nitrogen and oxygen atoms in total. The van der Waals surface area contributed by atoms with E-state index in [-0.39, 0.29) is 17.7 Å². The lowest BCUT2D eigenvalue weighted by molar-refractivity contribution is 0.302. The van der Waals surface area contributed by atoms with E-state index in [9.17, 15) is 4.39 Å². The number of para-hydroxylation sites is 1. The van der Waals surface area contributed by atoms with Crippen LogP contribution in [-0.2, 0) is 13.0 Å². The fourth-order valence-electron chi connectivity index (χ4n) is 2.03. The smallest absolute Gasteiger partial charge is 0.142 e. The zero-order valence-corrected chi connectivity index (χ0v) is 13.1. The second kappa shape index (κ2) is 7.12. The Morgan fingerprint density at radius 1 is 1.14 bits per heavy atom. The lowest BCUT2D eigenvalue weighted by Crippen LogP contribution is -2.18. The third kappa shape index (κ3) is 4.10. The summed E-state index contributed by atoms with van der Waals surface area (Å²) in [7, 11) is 0. The molecule has 1 atom stereocenters. The summed E-state index contributed by atoms with van der Waals surface area (Å²) in [5.74, 6) is 0.101. The van der Waals surface area contributed by atoms with E-state index in [1.165, 1.54) is 6.07 Å². The molecule has 0 aliphatic carbocycles. The number of hydrogen-bond donors (Lipinski definition) is 1. The Morgan fingerprint density at radius 2 is 1.81 bits per heavy atom. The normalized spacial score (nSPS) is 12.2. The molecule has 0 bridgehead atoms. The highest BCUT2D eigenvalue weighted by Crippen LogP contribution is 2.31. The van der Waals surface area contributed by atoms with Crippen molar-refractivity contribution in [3.63, 3.8) is 0 Å². The summed E-state index contributed by atoms with van der Waals surface area (Å²) in [6.45, 7) is 2.06. The predicted molar refractivity (Wildman–Crippen MR) is 84.5 cm³/mol. The van der Waals surface area contributed by atoms with Crippen LogP contribution >= 0.6 is 23.2 Å². The van der Waals surface area contributed by atoms with Gasteiger partial charge in [0, 0.05) is 11.6 Å². The highest BCUT2D eigenvalue weighted by atomic mass is 35.5. The SMILES string of the molecule is CC(N)Cc1cccc(Cl)c1OCc1cccc(F)c1Cl. The monoisotopic (exact) mass is 327 g/mol. The number of rotatable bonds is 5. The quantitative estimate of drug-likeness (QED) is 0.870. The maximum absolute atomic E-state index is 13.4. The Labute approximate surface area is 133 Å². The first-order valence-corrected chi connectivity index (χ1v) is 7.33. The summed E-state index contributed by atoms with van der Waals surface area (Å²) in [4.78, 5) is 0. The van der Waals surface area contributed by atoms with Gasteiger partial charge in [-0.3, -0.25) is 0 Å². The fourth-order valence-corrected chi connectivity index (χ4v) is 2.46. The van der Waals surface area contributed by atoms with Crippen molar-refractivity contribution in [3.8, 4) is 5.75 Å². The Bertz CT molecular complexity index is 632. The maximum Gasteiger partial charge on any atom is 0.142 e. The zero-order chi connectivity index (χ0) is 15.4. The van der Waals surface area contributed by atoms with Gasteiger partial charge in [0.05, 0.1) is 10.0 Å². The molecule has 0 saturated carbocycles. The van der Waals surface area contributed by atoms with Gasteiger partial charge in [0.25, 0.3) is 0 Å². The van der Waals surface area contributed by atoms with E-state index in [2.05, 4.69) is 0 Å². The van der Waals surface area contributed by atoms with Gasteiger partial charge in [-0.05, 0) is 31.0 Å². The molecule has 2 aromatic rings. The lowest BCUT2D eigenvalue weighted by atomic mass is 10.1. The molecule has 0 aliphatic rings. The van der Waals surface area contributed by atoms with Gasteiger partial charge < -0.3 is 10.5 Å². The zero-order valence-electron chi connectivity index (χ0n) is 11.6. The minimum atomic E-state index is -0.465. The van der Waals surface area contributed by atoms with Crippen molar-refractivity contribution in [1.82, 2.24) is 0 Å². The van der Waals surface area contributed by atoms with Gasteiger partial charge in [0.1, 0.15) is 18.2 Å². The summed E-state index contributed by atoms with van der Waals surface area (Å²) in [6, 6.07) is 10.1. The molecule has 5 heteroatoms. The second-order valence-electron chi connectivity index (χ2n) is 4.91. The van der Waals surface area contributed by atoms with Gasteiger partial charge >= 0.3 is 0 Å². The van der Waals surface area contributed by atoms with Crippen molar-refractivity contribution in [2.45, 2.75) is 26.0 Å². The van der Waals surface area contributed by atoms with Gasteiger partial charge in [-0.1, -0.05) is 47.5 Å². The summed E-state index contributed by atoms with van der Waals surface area (Å²) in [6.07, 6.45) is 0.646. The molecule has 2 aromatic carbocycles. The maximum atomic E-state index is 13.4. The van der Waals surface area contributed by atoms with Crippen LogP contribution in [0, 0.1) is 5.82 Å². The molecule has 0 amide bonds. The average Bonchev–Trinajstić information content (AvgIpc) is 2.42. The molecular weight excluding hydrogens is 312 g/mol. The van der Waals surface area contributed by atoms with E-state index in [0.29, 0.717) is 22.8 Å². The first-order chi connectivity index (χ1) is 9.99. The van der Waals surface area contributed by atoms with Crippen LogP contribution in [0.25, 0.3) is 0 Å². The van der Waals surface area contributed by atoms with Gasteiger partial charge in [-0.2, -0.15) is 0 Å². The highest BCUT2D eigenvalue weighted by molar-refractivity contribution is 6.32. The van der Waals surface area contributed by atoms with Crippen LogP contribution < -0.4 is 10.5 Å². The van der Waals surface area contributed by atoms with Crippen molar-refractivity contribution in [2.24, 2.45) is 5.73 Å². The van der Waals surface area contributed by atoms with E-state index in [4.69, 9.17) is 33.7 Å². The largest absolute Gasteiger partial charge is 0.487 e. The van der Waals surface area contributed by atoms with Crippen LogP contribution in [0.3, 0.4) is 0 Å². The highest BCUT2D eigenvalue weighted by Gasteiger charge is 2.12. The first-order valence-electron chi connectivity index (χ1n) is 6.57. The minimum absolute atomic E-state index is 0.0106. The number of halogens is 3. The summed E-state index contributed by atoms with van der Waals surface area (Å²) in [5.41, 5.74) is 7.32. The Morgan fingerprint density at radius 3 is 2.52 bits per heavy atom. The molecule has 0 saturated heterocycles. The van der Waals surface area contributed by atoms with Crippen LogP contribution in [0.1, 0.15) is 18.1 Å². The number of nitrogens with two attached hydrogens (primary N) is 1. The summed E-state index contributed by atoms with van der Waals surface area (Å²) >= 11 is 12.1. The molecule has 21 heavy (non-hydrogen) atoms. The van der Waals surface area contributed by atoms with Crippen LogP contribution in [0.4, 0.5) is 4.39 Å². The molecule has 0 fully saturated rings. The second-order valence-corrected chi connectivity index (χ2v) is 5.70. The Balaban J connectivity index is 2.21. The van der Waals surface area contributed by atoms with E-state index in [0.717, 1.165) is 5.56 Å². The molecule has 1 unspecified atom stereocenters. The van der Waals surface area contributed by atoms with Gasteiger partial charge in [0.15, 0.2) is 0 Å². The van der Waals surface area contributed by atoms with E-state index in [1.807, 2.05) is 19.1 Å². The molecule has 2 rings (SSSR count). The van der Waals surface area contributed by atoms with Crippen molar-refractivity contribution in [1.29, 1.82) is 0 Å². The summed E-state index contributed by atoms with van der Waals surface area (Å²) < 4.78 is 19.2. The molecule has 2 N–H and O–H groups in total. The van der Waals surface area contributed by atoms with E-state index >= 15 is 0 Å². The Hall–Kier alpha value is -1.29. The predicted octanol–water partition coefficient (Wildman–Crippen LogP) is 4.60. The standard InChI is InChI=1S/C16H16Cl2FNO/c1-10(20)8-11-4-2-6-13(17)16(11)21-9-12-5-3-7-14(19)15(12)18/h2-7,10H,8-9,20H2,1H3. The van der Waals surface area contributed by atoms with Crippen LogP contribution in [0.2, 0.25) is 10.0 Å². The van der Waals surface area contributed by atoms with Gasteiger partial charge in [0.2, 0.25) is 0 Å². The van der Waals surface area contributed by atoms with Crippen LogP contribution in [-0.4, -0.2) is 6.04 Å². The van der Waals surface area contributed by atoms with Gasteiger partial charge in [-0.15, -0.1) is 0 Å². The third-order valence-electron chi connectivity index (χ3n) is 2.99. The van der Waals surface area contributed by atoms with Crippen LogP contribution in [0.15, 0.2) is 36.4 Å². The first kappa shape index (κ1) is 16.1. The number of ether oxygens (including phenoxy) is 1. The average molecular weight is 328 g/mol. The Kier molecular flexibility index (Phi) is 5.45.